The Labute approximate surface area is 139 Å². The highest BCUT2D eigenvalue weighted by Crippen LogP contribution is 2.08. The molecule has 0 aromatic heterocycles. The van der Waals surface area contributed by atoms with Crippen molar-refractivity contribution in [2.75, 3.05) is 20.5 Å². The minimum Gasteiger partial charge on any atom is -0.377 e. The summed E-state index contributed by atoms with van der Waals surface area (Å²) in [6.07, 6.45) is 1.08. The molecule has 0 bridgehead atoms. The Morgan fingerprint density at radius 1 is 1.26 bits per heavy atom. The summed E-state index contributed by atoms with van der Waals surface area (Å²) in [4.78, 5) is 11.5. The Kier molecular flexibility index (Phi) is 9.97. The number of unbranched alkanes of at least 4 members (excludes halogenated alkanes) is 1. The molecule has 0 amide bonds. The van der Waals surface area contributed by atoms with Gasteiger partial charge in [-0.15, -0.1) is 5.92 Å². The summed E-state index contributed by atoms with van der Waals surface area (Å²) in [6, 6.07) is 10.1. The lowest BCUT2D eigenvalue weighted by Crippen LogP contribution is -2.29. The van der Waals surface area contributed by atoms with E-state index < -0.39 is 6.10 Å². The summed E-state index contributed by atoms with van der Waals surface area (Å²) < 4.78 is 15.8. The van der Waals surface area contributed by atoms with Crippen LogP contribution in [0.1, 0.15) is 32.3 Å². The normalized spacial score (nSPS) is 13.0. The molecule has 1 aromatic carbocycles. The van der Waals surface area contributed by atoms with E-state index in [9.17, 15) is 4.79 Å². The van der Waals surface area contributed by atoms with E-state index in [0.717, 1.165) is 12.8 Å². The summed E-state index contributed by atoms with van der Waals surface area (Å²) >= 11 is 0. The van der Waals surface area contributed by atoms with Crippen LogP contribution in [-0.2, 0) is 25.6 Å². The Hall–Kier alpha value is -1.67. The van der Waals surface area contributed by atoms with Crippen LogP contribution >= 0.6 is 0 Å². The van der Waals surface area contributed by atoms with Crippen molar-refractivity contribution in [3.63, 3.8) is 0 Å². The van der Waals surface area contributed by atoms with Gasteiger partial charge in [-0.3, -0.25) is 4.79 Å². The smallest absolute Gasteiger partial charge is 0.159 e. The molecule has 1 rings (SSSR count). The van der Waals surface area contributed by atoms with Crippen molar-refractivity contribution in [2.45, 2.75) is 39.4 Å². The summed E-state index contributed by atoms with van der Waals surface area (Å²) in [5.41, 5.74) is 1.17. The molecule has 0 unspecified atom stereocenters. The van der Waals surface area contributed by atoms with E-state index in [4.69, 9.17) is 14.2 Å². The molecule has 0 N–H and O–H groups in total. The van der Waals surface area contributed by atoms with Gasteiger partial charge < -0.3 is 14.2 Å². The number of hydrogen-bond acceptors (Lipinski definition) is 4. The molecule has 1 aromatic rings. The molecule has 0 heterocycles. The predicted octanol–water partition coefficient (Wildman–Crippen LogP) is 3.20. The third-order valence-corrected chi connectivity index (χ3v) is 3.25. The van der Waals surface area contributed by atoms with E-state index in [1.807, 2.05) is 37.3 Å². The number of Topliss-reactive ketones (excluding diaryl/α,β-unsaturated/α-hetero) is 1. The summed E-state index contributed by atoms with van der Waals surface area (Å²) in [5, 5.41) is 0. The number of ether oxygens (including phenoxy) is 3. The van der Waals surface area contributed by atoms with Crippen LogP contribution in [-0.4, -0.2) is 32.4 Å². The number of carbonyl (C=O) groups excluding carboxylic acids is 1. The van der Waals surface area contributed by atoms with Crippen molar-refractivity contribution in [3.05, 3.63) is 35.9 Å². The average Bonchev–Trinajstić information content (AvgIpc) is 2.55. The lowest BCUT2D eigenvalue weighted by molar-refractivity contribution is -0.140. The van der Waals surface area contributed by atoms with Gasteiger partial charge >= 0.3 is 0 Å². The van der Waals surface area contributed by atoms with Crippen LogP contribution in [0.5, 0.6) is 0 Å². The second kappa shape index (κ2) is 11.8. The first kappa shape index (κ1) is 19.4. The van der Waals surface area contributed by atoms with E-state index in [0.29, 0.717) is 13.2 Å². The van der Waals surface area contributed by atoms with Gasteiger partial charge in [-0.2, -0.15) is 0 Å². The third kappa shape index (κ3) is 8.51. The van der Waals surface area contributed by atoms with Crippen molar-refractivity contribution in [1.29, 1.82) is 0 Å². The maximum Gasteiger partial charge on any atom is 0.159 e. The van der Waals surface area contributed by atoms with Crippen LogP contribution in [0.15, 0.2) is 30.3 Å². The van der Waals surface area contributed by atoms with Crippen molar-refractivity contribution >= 4 is 5.78 Å². The lowest BCUT2D eigenvalue weighted by Gasteiger charge is -2.17. The Morgan fingerprint density at radius 3 is 2.65 bits per heavy atom. The van der Waals surface area contributed by atoms with Gasteiger partial charge in [-0.1, -0.05) is 36.3 Å². The minimum atomic E-state index is -0.531. The zero-order valence-electron chi connectivity index (χ0n) is 14.2. The molecule has 0 aliphatic heterocycles. The SMILES string of the molecule is COCO[C@@H](C(C)=O)[C@H](C)C#CCCCOCc1ccccc1. The van der Waals surface area contributed by atoms with Crippen LogP contribution in [0.2, 0.25) is 0 Å². The van der Waals surface area contributed by atoms with Crippen molar-refractivity contribution < 1.29 is 19.0 Å². The van der Waals surface area contributed by atoms with Gasteiger partial charge in [0.2, 0.25) is 0 Å². The fourth-order valence-electron chi connectivity index (χ4n) is 2.09. The molecule has 0 aliphatic carbocycles. The quantitative estimate of drug-likeness (QED) is 0.377. The summed E-state index contributed by atoms with van der Waals surface area (Å²) in [6.45, 7) is 4.80. The third-order valence-electron chi connectivity index (χ3n) is 3.25. The van der Waals surface area contributed by atoms with Crippen molar-refractivity contribution in [3.8, 4) is 11.8 Å². The van der Waals surface area contributed by atoms with Gasteiger partial charge in [0.15, 0.2) is 5.78 Å². The summed E-state index contributed by atoms with van der Waals surface area (Å²) in [5.74, 6) is 5.99. The first-order valence-electron chi connectivity index (χ1n) is 7.86. The van der Waals surface area contributed by atoms with E-state index in [1.165, 1.54) is 19.6 Å². The van der Waals surface area contributed by atoms with Gasteiger partial charge in [0, 0.05) is 20.1 Å². The fourth-order valence-corrected chi connectivity index (χ4v) is 2.09. The molecule has 4 heteroatoms. The number of carbonyl (C=O) groups is 1. The first-order valence-corrected chi connectivity index (χ1v) is 7.86. The maximum absolute atomic E-state index is 11.5. The molecule has 0 aliphatic rings. The van der Waals surface area contributed by atoms with Crippen LogP contribution < -0.4 is 0 Å². The molecule has 0 fully saturated rings. The molecule has 126 valence electrons. The topological polar surface area (TPSA) is 44.8 Å². The largest absolute Gasteiger partial charge is 0.377 e. The molecule has 2 atom stereocenters. The molecule has 4 nitrogen and oxygen atoms in total. The second-order valence-corrected chi connectivity index (χ2v) is 5.36. The highest BCUT2D eigenvalue weighted by atomic mass is 16.7. The van der Waals surface area contributed by atoms with Crippen LogP contribution in [0, 0.1) is 17.8 Å². The van der Waals surface area contributed by atoms with E-state index in [2.05, 4.69) is 11.8 Å². The van der Waals surface area contributed by atoms with Crippen LogP contribution in [0.25, 0.3) is 0 Å². The predicted molar refractivity (Wildman–Crippen MR) is 89.7 cm³/mol. The number of benzene rings is 1. The molecular weight excluding hydrogens is 292 g/mol. The summed E-state index contributed by atoms with van der Waals surface area (Å²) in [7, 11) is 1.53. The highest BCUT2D eigenvalue weighted by Gasteiger charge is 2.20. The zero-order chi connectivity index (χ0) is 16.9. The molecular formula is C19H26O4. The van der Waals surface area contributed by atoms with E-state index in [1.54, 1.807) is 0 Å². The Morgan fingerprint density at radius 2 is 2.00 bits per heavy atom. The fraction of sp³-hybridized carbons (Fsp3) is 0.526. The maximum atomic E-state index is 11.5. The molecule has 0 saturated carbocycles. The molecule has 0 saturated heterocycles. The zero-order valence-corrected chi connectivity index (χ0v) is 14.2. The van der Waals surface area contributed by atoms with E-state index in [-0.39, 0.29) is 18.5 Å². The second-order valence-electron chi connectivity index (χ2n) is 5.36. The lowest BCUT2D eigenvalue weighted by atomic mass is 10.0. The number of methoxy groups -OCH3 is 1. The highest BCUT2D eigenvalue weighted by molar-refractivity contribution is 5.81. The van der Waals surface area contributed by atoms with Crippen molar-refractivity contribution in [2.24, 2.45) is 5.92 Å². The molecule has 23 heavy (non-hydrogen) atoms. The monoisotopic (exact) mass is 318 g/mol. The van der Waals surface area contributed by atoms with Crippen LogP contribution in [0.4, 0.5) is 0 Å². The molecule has 0 spiro atoms. The number of ketones is 1. The number of hydrogen-bond donors (Lipinski definition) is 0. The first-order chi connectivity index (χ1) is 11.1. The van der Waals surface area contributed by atoms with Gasteiger partial charge in [0.1, 0.15) is 12.9 Å². The standard InChI is InChI=1S/C19H26O4/c1-16(19(17(2)20)23-15-21-3)10-6-5-9-13-22-14-18-11-7-4-8-12-18/h4,7-8,11-12,16,19H,5,9,13-15H2,1-3H3/t16-,19-/m1/s1. The average molecular weight is 318 g/mol. The minimum absolute atomic E-state index is 0.0324. The van der Waals surface area contributed by atoms with Gasteiger partial charge in [-0.25, -0.2) is 0 Å². The van der Waals surface area contributed by atoms with Gasteiger partial charge in [-0.05, 0) is 25.8 Å². The van der Waals surface area contributed by atoms with E-state index >= 15 is 0 Å². The molecule has 0 radical (unpaired) electrons. The Balaban J connectivity index is 2.21. The van der Waals surface area contributed by atoms with Crippen LogP contribution in [0.3, 0.4) is 0 Å². The van der Waals surface area contributed by atoms with Gasteiger partial charge in [0.25, 0.3) is 0 Å². The van der Waals surface area contributed by atoms with Gasteiger partial charge in [0.05, 0.1) is 12.5 Å². The Bertz CT molecular complexity index is 501. The number of rotatable bonds is 10. The van der Waals surface area contributed by atoms with Crippen molar-refractivity contribution in [1.82, 2.24) is 0 Å².